The molecule has 26 heavy (non-hydrogen) atoms. The van der Waals surface area contributed by atoms with E-state index in [0.29, 0.717) is 0 Å². The van der Waals surface area contributed by atoms with Crippen LogP contribution in [0.15, 0.2) is 48.5 Å². The normalized spacial score (nSPS) is 14.0. The van der Waals surface area contributed by atoms with Gasteiger partial charge in [0.05, 0.1) is 11.1 Å². The van der Waals surface area contributed by atoms with E-state index >= 15 is 0 Å². The van der Waals surface area contributed by atoms with Crippen molar-refractivity contribution in [2.75, 3.05) is 0 Å². The van der Waals surface area contributed by atoms with Crippen LogP contribution in [0, 0.1) is 5.82 Å². The molecule has 8 heteroatoms. The van der Waals surface area contributed by atoms with Gasteiger partial charge in [0.2, 0.25) is 0 Å². The fraction of sp³-hybridized carbons (Fsp3) is 0.111. The summed E-state index contributed by atoms with van der Waals surface area (Å²) in [5.41, 5.74) is 4.92. The van der Waals surface area contributed by atoms with Crippen molar-refractivity contribution in [2.24, 2.45) is 0 Å². The summed E-state index contributed by atoms with van der Waals surface area (Å²) < 4.78 is 12.9. The molecule has 0 bridgehead atoms. The zero-order valence-electron chi connectivity index (χ0n) is 13.7. The Bertz CT molecular complexity index is 876. The fourth-order valence-electron chi connectivity index (χ4n) is 2.57. The molecule has 2 aromatic rings. The third kappa shape index (κ3) is 3.04. The van der Waals surface area contributed by atoms with E-state index in [1.807, 2.05) is 0 Å². The number of amides is 4. The summed E-state index contributed by atoms with van der Waals surface area (Å²) in [4.78, 5) is 49.7. The molecule has 1 aliphatic rings. The average molecular weight is 355 g/mol. The highest BCUT2D eigenvalue weighted by Crippen LogP contribution is 2.24. The van der Waals surface area contributed by atoms with E-state index < -0.39 is 35.5 Å². The zero-order valence-corrected chi connectivity index (χ0v) is 13.7. The number of hydrogen-bond donors (Lipinski definition) is 2. The Morgan fingerprint density at radius 2 is 1.46 bits per heavy atom. The smallest absolute Gasteiger partial charge is 0.269 e. The lowest BCUT2D eigenvalue weighted by Crippen LogP contribution is -2.52. The van der Waals surface area contributed by atoms with Gasteiger partial charge >= 0.3 is 0 Å². The number of carbonyl (C=O) groups excluding carboxylic acids is 4. The molecule has 2 aromatic carbocycles. The number of nitrogens with zero attached hydrogens (tertiary/aromatic N) is 1. The Hall–Kier alpha value is -3.55. The molecule has 0 spiro atoms. The summed E-state index contributed by atoms with van der Waals surface area (Å²) >= 11 is 0. The molecular weight excluding hydrogens is 341 g/mol. The van der Waals surface area contributed by atoms with E-state index in [9.17, 15) is 23.6 Å². The van der Waals surface area contributed by atoms with Crippen LogP contribution in [0.1, 0.15) is 38.0 Å². The molecule has 0 saturated carbocycles. The summed E-state index contributed by atoms with van der Waals surface area (Å²) in [6.07, 6.45) is 0. The number of imide groups is 1. The van der Waals surface area contributed by atoms with E-state index in [2.05, 4.69) is 10.9 Å². The first kappa shape index (κ1) is 17.3. The van der Waals surface area contributed by atoms with Gasteiger partial charge in [0, 0.05) is 5.56 Å². The number of nitrogens with one attached hydrogen (secondary N) is 2. The monoisotopic (exact) mass is 355 g/mol. The maximum absolute atomic E-state index is 12.9. The molecule has 0 aliphatic carbocycles. The van der Waals surface area contributed by atoms with Crippen molar-refractivity contribution < 1.29 is 23.6 Å². The molecule has 4 amide bonds. The highest BCUT2D eigenvalue weighted by atomic mass is 19.1. The fourth-order valence-corrected chi connectivity index (χ4v) is 2.57. The van der Waals surface area contributed by atoms with Crippen molar-refractivity contribution in [3.63, 3.8) is 0 Å². The van der Waals surface area contributed by atoms with E-state index in [1.165, 1.54) is 31.2 Å². The number of hydrazine groups is 1. The van der Waals surface area contributed by atoms with Crippen LogP contribution in [-0.2, 0) is 4.79 Å². The van der Waals surface area contributed by atoms with E-state index in [4.69, 9.17) is 0 Å². The highest BCUT2D eigenvalue weighted by molar-refractivity contribution is 6.22. The molecule has 2 N–H and O–H groups in total. The maximum Gasteiger partial charge on any atom is 0.269 e. The van der Waals surface area contributed by atoms with Crippen LogP contribution in [0.3, 0.4) is 0 Å². The number of halogens is 1. The molecule has 3 rings (SSSR count). The van der Waals surface area contributed by atoms with Gasteiger partial charge in [-0.25, -0.2) is 4.39 Å². The second kappa shape index (κ2) is 6.75. The molecule has 1 heterocycles. The van der Waals surface area contributed by atoms with Gasteiger partial charge in [-0.3, -0.25) is 34.9 Å². The van der Waals surface area contributed by atoms with Gasteiger partial charge in [-0.05, 0) is 43.3 Å². The largest absolute Gasteiger partial charge is 0.271 e. The Morgan fingerprint density at radius 3 is 2.00 bits per heavy atom. The minimum absolute atomic E-state index is 0.139. The maximum atomic E-state index is 12.9. The lowest BCUT2D eigenvalue weighted by Gasteiger charge is -2.21. The highest BCUT2D eigenvalue weighted by Gasteiger charge is 2.40. The molecular formula is C18H14FN3O4. The van der Waals surface area contributed by atoms with Crippen LogP contribution in [0.2, 0.25) is 0 Å². The quantitative estimate of drug-likeness (QED) is 0.640. The minimum atomic E-state index is -1.13. The molecule has 7 nitrogen and oxygen atoms in total. The van der Waals surface area contributed by atoms with Gasteiger partial charge < -0.3 is 0 Å². The van der Waals surface area contributed by atoms with Gasteiger partial charge in [-0.1, -0.05) is 12.1 Å². The van der Waals surface area contributed by atoms with E-state index in [1.54, 1.807) is 12.1 Å². The van der Waals surface area contributed by atoms with Crippen LogP contribution in [-0.4, -0.2) is 34.6 Å². The molecule has 0 saturated heterocycles. The number of rotatable bonds is 3. The van der Waals surface area contributed by atoms with Crippen LogP contribution in [0.25, 0.3) is 0 Å². The van der Waals surface area contributed by atoms with E-state index in [0.717, 1.165) is 17.0 Å². The van der Waals surface area contributed by atoms with Crippen molar-refractivity contribution in [1.29, 1.82) is 0 Å². The third-order valence-electron chi connectivity index (χ3n) is 4.00. The lowest BCUT2D eigenvalue weighted by atomic mass is 10.1. The zero-order chi connectivity index (χ0) is 18.8. The van der Waals surface area contributed by atoms with Gasteiger partial charge in [0.1, 0.15) is 11.9 Å². The van der Waals surface area contributed by atoms with Crippen molar-refractivity contribution in [3.8, 4) is 0 Å². The van der Waals surface area contributed by atoms with Crippen molar-refractivity contribution in [1.82, 2.24) is 15.8 Å². The van der Waals surface area contributed by atoms with Crippen molar-refractivity contribution >= 4 is 23.6 Å². The first-order valence-corrected chi connectivity index (χ1v) is 7.73. The number of fused-ring (bicyclic) bond motifs is 1. The molecule has 0 fully saturated rings. The van der Waals surface area contributed by atoms with Gasteiger partial charge in [0.15, 0.2) is 0 Å². The third-order valence-corrected chi connectivity index (χ3v) is 4.00. The average Bonchev–Trinajstić information content (AvgIpc) is 2.90. The summed E-state index contributed by atoms with van der Waals surface area (Å²) in [7, 11) is 0. The topological polar surface area (TPSA) is 95.6 Å². The Morgan fingerprint density at radius 1 is 0.923 bits per heavy atom. The lowest BCUT2D eigenvalue weighted by molar-refractivity contribution is -0.125. The SMILES string of the molecule is CC(C(=O)NNC(=O)c1ccc(F)cc1)N1C(=O)c2ccccc2C1=O. The Kier molecular flexibility index (Phi) is 4.49. The van der Waals surface area contributed by atoms with Crippen molar-refractivity contribution in [2.45, 2.75) is 13.0 Å². The summed E-state index contributed by atoms with van der Waals surface area (Å²) in [6.45, 7) is 1.38. The number of hydrogen-bond acceptors (Lipinski definition) is 4. The Balaban J connectivity index is 1.65. The summed E-state index contributed by atoms with van der Waals surface area (Å²) in [5, 5.41) is 0. The van der Waals surface area contributed by atoms with Crippen LogP contribution in [0.4, 0.5) is 4.39 Å². The van der Waals surface area contributed by atoms with Crippen LogP contribution >= 0.6 is 0 Å². The minimum Gasteiger partial charge on any atom is -0.271 e. The molecule has 1 aliphatic heterocycles. The number of benzene rings is 2. The molecule has 0 radical (unpaired) electrons. The molecule has 0 aromatic heterocycles. The van der Waals surface area contributed by atoms with Gasteiger partial charge in [-0.2, -0.15) is 0 Å². The number of carbonyl (C=O) groups is 4. The first-order valence-electron chi connectivity index (χ1n) is 7.73. The van der Waals surface area contributed by atoms with Crippen LogP contribution < -0.4 is 10.9 Å². The molecule has 132 valence electrons. The predicted molar refractivity (Wildman–Crippen MR) is 88.4 cm³/mol. The summed E-state index contributed by atoms with van der Waals surface area (Å²) in [6, 6.07) is 9.87. The predicted octanol–water partition coefficient (Wildman–Crippen LogP) is 1.27. The van der Waals surface area contributed by atoms with Crippen molar-refractivity contribution in [3.05, 3.63) is 71.0 Å². The van der Waals surface area contributed by atoms with E-state index in [-0.39, 0.29) is 16.7 Å². The van der Waals surface area contributed by atoms with Crippen LogP contribution in [0.5, 0.6) is 0 Å². The Labute approximate surface area is 147 Å². The molecule has 1 atom stereocenters. The van der Waals surface area contributed by atoms with Gasteiger partial charge in [-0.15, -0.1) is 0 Å². The second-order valence-corrected chi connectivity index (χ2v) is 5.65. The first-order chi connectivity index (χ1) is 12.4. The second-order valence-electron chi connectivity index (χ2n) is 5.65. The standard InChI is InChI=1S/C18H14FN3O4/c1-10(22-17(25)13-4-2-3-5-14(13)18(22)26)15(23)20-21-16(24)11-6-8-12(19)9-7-11/h2-10H,1H3,(H,20,23)(H,21,24). The molecule has 1 unspecified atom stereocenters. The van der Waals surface area contributed by atoms with Gasteiger partial charge in [0.25, 0.3) is 23.6 Å². The summed E-state index contributed by atoms with van der Waals surface area (Å²) in [5.74, 6) is -3.04.